The maximum atomic E-state index is 13.0. The average molecular weight is 374 g/mol. The van der Waals surface area contributed by atoms with Crippen molar-refractivity contribution in [3.05, 3.63) is 42.7 Å². The summed E-state index contributed by atoms with van der Waals surface area (Å²) < 4.78 is 29.7. The fourth-order valence-corrected chi connectivity index (χ4v) is 4.96. The number of fused-ring (bicyclic) bond motifs is 1. The predicted octanol–water partition coefficient (Wildman–Crippen LogP) is 1.29. The number of aryl methyl sites for hydroxylation is 1. The number of nitrogens with one attached hydrogen (secondary N) is 1. The van der Waals surface area contributed by atoms with Crippen molar-refractivity contribution in [2.24, 2.45) is 0 Å². The van der Waals surface area contributed by atoms with Gasteiger partial charge in [0.1, 0.15) is 16.4 Å². The van der Waals surface area contributed by atoms with E-state index >= 15 is 0 Å². The number of imidazole rings is 1. The van der Waals surface area contributed by atoms with Crippen molar-refractivity contribution in [1.82, 2.24) is 28.7 Å². The average Bonchev–Trinajstić information content (AvgIpc) is 3.28. The molecular weight excluding hydrogens is 352 g/mol. The number of aromatic nitrogens is 4. The SMILES string of the molecule is CCn1ccnc1CN1CCN(S(=O)(=O)c2c[nH]c3ncccc23)CC1. The number of nitrogens with zero attached hydrogens (tertiary/aromatic N) is 5. The van der Waals surface area contributed by atoms with Gasteiger partial charge in [-0.15, -0.1) is 0 Å². The van der Waals surface area contributed by atoms with E-state index in [1.54, 1.807) is 22.6 Å². The van der Waals surface area contributed by atoms with Gasteiger partial charge in [-0.1, -0.05) is 0 Å². The Morgan fingerprint density at radius 3 is 2.73 bits per heavy atom. The number of piperazine rings is 1. The van der Waals surface area contributed by atoms with Gasteiger partial charge in [0.2, 0.25) is 10.0 Å². The maximum absolute atomic E-state index is 13.0. The summed E-state index contributed by atoms with van der Waals surface area (Å²) in [6.45, 7) is 6.05. The van der Waals surface area contributed by atoms with E-state index < -0.39 is 10.0 Å². The Balaban J connectivity index is 1.47. The molecule has 138 valence electrons. The number of hydrogen-bond donors (Lipinski definition) is 1. The molecule has 0 saturated carbocycles. The molecule has 0 atom stereocenters. The molecule has 1 fully saturated rings. The van der Waals surface area contributed by atoms with E-state index in [0.717, 1.165) is 18.9 Å². The molecule has 0 radical (unpaired) electrons. The zero-order valence-electron chi connectivity index (χ0n) is 14.7. The molecule has 1 saturated heterocycles. The van der Waals surface area contributed by atoms with E-state index in [-0.39, 0.29) is 0 Å². The predicted molar refractivity (Wildman–Crippen MR) is 98.0 cm³/mol. The van der Waals surface area contributed by atoms with Gasteiger partial charge in [-0.25, -0.2) is 18.4 Å². The summed E-state index contributed by atoms with van der Waals surface area (Å²) in [6.07, 6.45) is 6.97. The van der Waals surface area contributed by atoms with Gasteiger partial charge in [-0.2, -0.15) is 4.31 Å². The number of hydrogen-bond acceptors (Lipinski definition) is 5. The normalized spacial score (nSPS) is 17.1. The van der Waals surface area contributed by atoms with Crippen LogP contribution in [0, 0.1) is 0 Å². The number of H-pyrrole nitrogens is 1. The molecule has 4 rings (SSSR count). The lowest BCUT2D eigenvalue weighted by Crippen LogP contribution is -2.48. The van der Waals surface area contributed by atoms with Gasteiger partial charge >= 0.3 is 0 Å². The molecular formula is C17H22N6O2S. The van der Waals surface area contributed by atoms with Crippen LogP contribution in [0.3, 0.4) is 0 Å². The summed E-state index contributed by atoms with van der Waals surface area (Å²) in [4.78, 5) is 14.1. The molecule has 9 heteroatoms. The molecule has 1 aliphatic rings. The molecule has 4 heterocycles. The van der Waals surface area contributed by atoms with Crippen LogP contribution in [0.15, 0.2) is 41.8 Å². The Labute approximate surface area is 152 Å². The van der Waals surface area contributed by atoms with Crippen molar-refractivity contribution >= 4 is 21.1 Å². The molecule has 1 N–H and O–H groups in total. The van der Waals surface area contributed by atoms with Crippen molar-refractivity contribution in [2.75, 3.05) is 26.2 Å². The number of pyridine rings is 1. The van der Waals surface area contributed by atoms with Crippen LogP contribution in [0.4, 0.5) is 0 Å². The van der Waals surface area contributed by atoms with Crippen LogP contribution in [-0.4, -0.2) is 63.3 Å². The summed E-state index contributed by atoms with van der Waals surface area (Å²) in [6, 6.07) is 3.54. The first-order valence-electron chi connectivity index (χ1n) is 8.74. The molecule has 1 aliphatic heterocycles. The summed E-state index contributed by atoms with van der Waals surface area (Å²) in [7, 11) is -3.53. The van der Waals surface area contributed by atoms with E-state index in [1.165, 1.54) is 6.20 Å². The standard InChI is InChI=1S/C17H22N6O2S/c1-2-22-7-6-18-16(22)13-21-8-10-23(11-9-21)26(24,25)15-12-20-17-14(15)4-3-5-19-17/h3-7,12H,2,8-11,13H2,1H3,(H,19,20). The van der Waals surface area contributed by atoms with Gasteiger partial charge in [0, 0.05) is 62.9 Å². The summed E-state index contributed by atoms with van der Waals surface area (Å²) in [5.74, 6) is 1.02. The van der Waals surface area contributed by atoms with E-state index in [4.69, 9.17) is 0 Å². The summed E-state index contributed by atoms with van der Waals surface area (Å²) in [5.41, 5.74) is 0.594. The van der Waals surface area contributed by atoms with Crippen LogP contribution in [0.1, 0.15) is 12.7 Å². The maximum Gasteiger partial charge on any atom is 0.245 e. The molecule has 0 aliphatic carbocycles. The van der Waals surface area contributed by atoms with E-state index in [1.807, 2.05) is 12.4 Å². The van der Waals surface area contributed by atoms with Gasteiger partial charge in [0.25, 0.3) is 0 Å². The highest BCUT2D eigenvalue weighted by atomic mass is 32.2. The van der Waals surface area contributed by atoms with Crippen LogP contribution in [0.25, 0.3) is 11.0 Å². The number of sulfonamides is 1. The smallest absolute Gasteiger partial charge is 0.245 e. The third-order valence-electron chi connectivity index (χ3n) is 4.87. The van der Waals surface area contributed by atoms with Crippen molar-refractivity contribution in [3.63, 3.8) is 0 Å². The number of rotatable bonds is 5. The molecule has 0 spiro atoms. The summed E-state index contributed by atoms with van der Waals surface area (Å²) in [5, 5.41) is 0.639. The highest BCUT2D eigenvalue weighted by Gasteiger charge is 2.30. The van der Waals surface area contributed by atoms with E-state index in [0.29, 0.717) is 42.1 Å². The van der Waals surface area contributed by atoms with Crippen LogP contribution >= 0.6 is 0 Å². The van der Waals surface area contributed by atoms with Gasteiger partial charge in [-0.3, -0.25) is 4.90 Å². The van der Waals surface area contributed by atoms with Gasteiger partial charge in [-0.05, 0) is 19.1 Å². The van der Waals surface area contributed by atoms with E-state index in [2.05, 4.69) is 31.3 Å². The second-order valence-electron chi connectivity index (χ2n) is 6.36. The molecule has 26 heavy (non-hydrogen) atoms. The molecule has 0 bridgehead atoms. The third-order valence-corrected chi connectivity index (χ3v) is 6.81. The van der Waals surface area contributed by atoms with Crippen molar-refractivity contribution in [3.8, 4) is 0 Å². The zero-order chi connectivity index (χ0) is 18.1. The van der Waals surface area contributed by atoms with Crippen LogP contribution in [0.2, 0.25) is 0 Å². The van der Waals surface area contributed by atoms with Crippen molar-refractivity contribution in [2.45, 2.75) is 24.9 Å². The Bertz CT molecular complexity index is 1000. The topological polar surface area (TPSA) is 87.1 Å². The second kappa shape index (κ2) is 6.82. The minimum Gasteiger partial charge on any atom is -0.345 e. The number of aromatic amines is 1. The van der Waals surface area contributed by atoms with Gasteiger partial charge in [0.05, 0.1) is 6.54 Å². The molecule has 3 aromatic rings. The lowest BCUT2D eigenvalue weighted by Gasteiger charge is -2.33. The molecule has 0 aromatic carbocycles. The quantitative estimate of drug-likeness (QED) is 0.727. The Morgan fingerprint density at radius 1 is 1.15 bits per heavy atom. The molecule has 3 aromatic heterocycles. The Hall–Kier alpha value is -2.23. The minimum absolute atomic E-state index is 0.301. The Kier molecular flexibility index (Phi) is 4.51. The van der Waals surface area contributed by atoms with Crippen LogP contribution in [-0.2, 0) is 23.1 Å². The lowest BCUT2D eigenvalue weighted by atomic mass is 10.3. The highest BCUT2D eigenvalue weighted by molar-refractivity contribution is 7.89. The molecule has 8 nitrogen and oxygen atoms in total. The zero-order valence-corrected chi connectivity index (χ0v) is 15.5. The Morgan fingerprint density at radius 2 is 1.96 bits per heavy atom. The van der Waals surface area contributed by atoms with Gasteiger partial charge in [0.15, 0.2) is 0 Å². The minimum atomic E-state index is -3.53. The van der Waals surface area contributed by atoms with Crippen molar-refractivity contribution in [1.29, 1.82) is 0 Å². The monoisotopic (exact) mass is 374 g/mol. The molecule has 0 unspecified atom stereocenters. The first-order chi connectivity index (χ1) is 12.6. The van der Waals surface area contributed by atoms with Gasteiger partial charge < -0.3 is 9.55 Å². The van der Waals surface area contributed by atoms with Crippen molar-refractivity contribution < 1.29 is 8.42 Å². The fourth-order valence-electron chi connectivity index (χ4n) is 3.39. The second-order valence-corrected chi connectivity index (χ2v) is 8.27. The first-order valence-corrected chi connectivity index (χ1v) is 10.2. The first kappa shape index (κ1) is 17.2. The summed E-state index contributed by atoms with van der Waals surface area (Å²) >= 11 is 0. The third kappa shape index (κ3) is 3.02. The van der Waals surface area contributed by atoms with E-state index in [9.17, 15) is 8.42 Å². The van der Waals surface area contributed by atoms with Crippen LogP contribution in [0.5, 0.6) is 0 Å². The fraction of sp³-hybridized carbons (Fsp3) is 0.412. The lowest BCUT2D eigenvalue weighted by molar-refractivity contribution is 0.176. The highest BCUT2D eigenvalue weighted by Crippen LogP contribution is 2.25. The largest absolute Gasteiger partial charge is 0.345 e. The van der Waals surface area contributed by atoms with Crippen LogP contribution < -0.4 is 0 Å². The molecule has 0 amide bonds.